The van der Waals surface area contributed by atoms with E-state index in [0.717, 1.165) is 16.7 Å². The Bertz CT molecular complexity index is 695. The van der Waals surface area contributed by atoms with Crippen LogP contribution in [0, 0.1) is 12.8 Å². The van der Waals surface area contributed by atoms with Gasteiger partial charge in [0.2, 0.25) is 0 Å². The molecule has 2 aromatic heterocycles. The van der Waals surface area contributed by atoms with Gasteiger partial charge in [-0.25, -0.2) is 9.97 Å². The van der Waals surface area contributed by atoms with Crippen LogP contribution in [0.1, 0.15) is 31.0 Å². The van der Waals surface area contributed by atoms with E-state index in [9.17, 15) is 15.3 Å². The van der Waals surface area contributed by atoms with E-state index in [0.29, 0.717) is 19.3 Å². The van der Waals surface area contributed by atoms with E-state index in [1.165, 1.54) is 6.33 Å². The molecule has 0 aromatic carbocycles. The van der Waals surface area contributed by atoms with Crippen molar-refractivity contribution in [2.24, 2.45) is 5.92 Å². The molecular formula is C15H19N3O3. The third-order valence-electron chi connectivity index (χ3n) is 5.17. The van der Waals surface area contributed by atoms with Crippen molar-refractivity contribution in [2.75, 3.05) is 0 Å². The summed E-state index contributed by atoms with van der Waals surface area (Å²) >= 11 is 0. The largest absolute Gasteiger partial charge is 0.390 e. The van der Waals surface area contributed by atoms with Gasteiger partial charge in [-0.15, -0.1) is 0 Å². The lowest BCUT2D eigenvalue weighted by Crippen LogP contribution is -2.35. The second-order valence-electron chi connectivity index (χ2n) is 6.41. The van der Waals surface area contributed by atoms with E-state index in [-0.39, 0.29) is 12.0 Å². The van der Waals surface area contributed by atoms with Crippen LogP contribution in [-0.4, -0.2) is 47.7 Å². The van der Waals surface area contributed by atoms with Gasteiger partial charge in [-0.05, 0) is 32.3 Å². The molecule has 6 nitrogen and oxygen atoms in total. The number of nitrogens with zero attached hydrogens (tertiary/aromatic N) is 3. The van der Waals surface area contributed by atoms with Crippen molar-refractivity contribution in [3.05, 3.63) is 24.3 Å². The van der Waals surface area contributed by atoms with Crippen LogP contribution >= 0.6 is 0 Å². The standard InChI is InChI=1S/C15H19N3O3/c1-8-9-2-5-18(14(9)17-7-16-8)11-6-10(12(19)13(11)20)15(21)3-4-15/h2,5,7,10-13,19-21H,3-4,6H2,1H3/t10-,11+,12+,13-/m0/s1. The molecule has 6 heteroatoms. The number of hydrogen-bond acceptors (Lipinski definition) is 5. The summed E-state index contributed by atoms with van der Waals surface area (Å²) in [5, 5.41) is 31.9. The third-order valence-corrected chi connectivity index (χ3v) is 5.17. The van der Waals surface area contributed by atoms with Crippen LogP contribution in [0.15, 0.2) is 18.6 Å². The van der Waals surface area contributed by atoms with Gasteiger partial charge in [-0.1, -0.05) is 0 Å². The molecule has 2 aromatic rings. The number of aryl methyl sites for hydroxylation is 1. The molecule has 3 N–H and O–H groups in total. The van der Waals surface area contributed by atoms with E-state index in [1.807, 2.05) is 23.8 Å². The monoisotopic (exact) mass is 289 g/mol. The first-order chi connectivity index (χ1) is 10.0. The fourth-order valence-corrected chi connectivity index (χ4v) is 3.68. The maximum absolute atomic E-state index is 10.4. The number of aliphatic hydroxyl groups is 3. The fourth-order valence-electron chi connectivity index (χ4n) is 3.68. The molecule has 4 atom stereocenters. The molecule has 0 amide bonds. The van der Waals surface area contributed by atoms with E-state index < -0.39 is 17.8 Å². The third kappa shape index (κ3) is 1.83. The Hall–Kier alpha value is -1.50. The van der Waals surface area contributed by atoms with Gasteiger partial charge < -0.3 is 19.9 Å². The second kappa shape index (κ2) is 4.25. The van der Waals surface area contributed by atoms with E-state index in [4.69, 9.17) is 0 Å². The van der Waals surface area contributed by atoms with Gasteiger partial charge in [-0.3, -0.25) is 0 Å². The van der Waals surface area contributed by atoms with E-state index in [2.05, 4.69) is 9.97 Å². The molecule has 0 aliphatic heterocycles. The van der Waals surface area contributed by atoms with Gasteiger partial charge in [0.05, 0.1) is 23.4 Å². The van der Waals surface area contributed by atoms with E-state index >= 15 is 0 Å². The average molecular weight is 289 g/mol. The van der Waals surface area contributed by atoms with Crippen LogP contribution in [0.25, 0.3) is 11.0 Å². The van der Waals surface area contributed by atoms with Crippen molar-refractivity contribution in [1.29, 1.82) is 0 Å². The van der Waals surface area contributed by atoms with E-state index in [1.54, 1.807) is 0 Å². The van der Waals surface area contributed by atoms with Crippen LogP contribution in [0.3, 0.4) is 0 Å². The zero-order valence-electron chi connectivity index (χ0n) is 11.8. The van der Waals surface area contributed by atoms with Crippen LogP contribution < -0.4 is 0 Å². The zero-order valence-corrected chi connectivity index (χ0v) is 11.8. The summed E-state index contributed by atoms with van der Waals surface area (Å²) in [7, 11) is 0. The predicted octanol–water partition coefficient (Wildman–Crippen LogP) is 0.547. The Morgan fingerprint density at radius 3 is 2.71 bits per heavy atom. The molecule has 2 heterocycles. The summed E-state index contributed by atoms with van der Waals surface area (Å²) in [5.74, 6) is -0.266. The topological polar surface area (TPSA) is 91.4 Å². The first kappa shape index (κ1) is 13.2. The normalized spacial score (nSPS) is 34.5. The van der Waals surface area contributed by atoms with Gasteiger partial charge in [-0.2, -0.15) is 0 Å². The first-order valence-corrected chi connectivity index (χ1v) is 7.38. The second-order valence-corrected chi connectivity index (χ2v) is 6.41. The Kier molecular flexibility index (Phi) is 2.67. The summed E-state index contributed by atoms with van der Waals surface area (Å²) in [5.41, 5.74) is 0.870. The van der Waals surface area contributed by atoms with Crippen molar-refractivity contribution < 1.29 is 15.3 Å². The summed E-state index contributed by atoms with van der Waals surface area (Å²) in [4.78, 5) is 8.47. The number of fused-ring (bicyclic) bond motifs is 1. The highest BCUT2D eigenvalue weighted by Gasteiger charge is 2.57. The van der Waals surface area contributed by atoms with Gasteiger partial charge in [0.25, 0.3) is 0 Å². The molecule has 4 rings (SSSR count). The molecule has 2 saturated carbocycles. The molecule has 21 heavy (non-hydrogen) atoms. The highest BCUT2D eigenvalue weighted by Crippen LogP contribution is 2.52. The highest BCUT2D eigenvalue weighted by atomic mass is 16.3. The van der Waals surface area contributed by atoms with Gasteiger partial charge in [0, 0.05) is 17.5 Å². The zero-order chi connectivity index (χ0) is 14.8. The maximum atomic E-state index is 10.4. The summed E-state index contributed by atoms with van der Waals surface area (Å²) in [6.45, 7) is 1.92. The number of aromatic nitrogens is 3. The van der Waals surface area contributed by atoms with Crippen molar-refractivity contribution in [3.63, 3.8) is 0 Å². The molecule has 0 spiro atoms. The molecule has 2 aliphatic carbocycles. The quantitative estimate of drug-likeness (QED) is 0.751. The van der Waals surface area contributed by atoms with Crippen LogP contribution in [0.2, 0.25) is 0 Å². The minimum atomic E-state index is -0.886. The van der Waals surface area contributed by atoms with Crippen LogP contribution in [-0.2, 0) is 0 Å². The Morgan fingerprint density at radius 2 is 2.00 bits per heavy atom. The fraction of sp³-hybridized carbons (Fsp3) is 0.600. The van der Waals surface area contributed by atoms with Crippen molar-refractivity contribution >= 4 is 11.0 Å². The molecule has 2 aliphatic rings. The molecule has 0 radical (unpaired) electrons. The maximum Gasteiger partial charge on any atom is 0.143 e. The number of hydrogen-bond donors (Lipinski definition) is 3. The van der Waals surface area contributed by atoms with Gasteiger partial charge >= 0.3 is 0 Å². The molecule has 112 valence electrons. The highest BCUT2D eigenvalue weighted by molar-refractivity contribution is 5.78. The van der Waals surface area contributed by atoms with Crippen molar-refractivity contribution in [1.82, 2.24) is 14.5 Å². The summed E-state index contributed by atoms with van der Waals surface area (Å²) < 4.78 is 1.91. The van der Waals surface area contributed by atoms with Crippen LogP contribution in [0.5, 0.6) is 0 Å². The number of rotatable bonds is 2. The van der Waals surface area contributed by atoms with Crippen molar-refractivity contribution in [2.45, 2.75) is 50.0 Å². The minimum Gasteiger partial charge on any atom is -0.390 e. The predicted molar refractivity (Wildman–Crippen MR) is 75.6 cm³/mol. The lowest BCUT2D eigenvalue weighted by molar-refractivity contribution is -0.0346. The lowest BCUT2D eigenvalue weighted by atomic mass is 9.96. The molecule has 2 fully saturated rings. The Labute approximate surface area is 122 Å². The lowest BCUT2D eigenvalue weighted by Gasteiger charge is -2.21. The van der Waals surface area contributed by atoms with Gasteiger partial charge in [0.15, 0.2) is 0 Å². The smallest absolute Gasteiger partial charge is 0.143 e. The SMILES string of the molecule is Cc1ncnc2c1ccn2[C@@H]1C[C@H](C2(O)CC2)[C@@H](O)[C@H]1O. The average Bonchev–Trinajstić information content (AvgIpc) is 2.93. The Balaban J connectivity index is 1.74. The number of aliphatic hydroxyl groups excluding tert-OH is 2. The summed E-state index contributed by atoms with van der Waals surface area (Å²) in [6, 6.07) is 1.67. The molecular weight excluding hydrogens is 270 g/mol. The van der Waals surface area contributed by atoms with Crippen LogP contribution in [0.4, 0.5) is 0 Å². The van der Waals surface area contributed by atoms with Crippen molar-refractivity contribution in [3.8, 4) is 0 Å². The van der Waals surface area contributed by atoms with Gasteiger partial charge in [0.1, 0.15) is 18.1 Å². The molecule has 0 unspecified atom stereocenters. The molecule has 0 bridgehead atoms. The Morgan fingerprint density at radius 1 is 1.24 bits per heavy atom. The summed E-state index contributed by atoms with van der Waals surface area (Å²) in [6.07, 6.45) is 3.60. The molecule has 0 saturated heterocycles. The minimum absolute atomic E-state index is 0.263. The first-order valence-electron chi connectivity index (χ1n) is 7.38.